The predicted molar refractivity (Wildman–Crippen MR) is 71.3 cm³/mol. The zero-order valence-electron chi connectivity index (χ0n) is 9.88. The first-order valence-corrected chi connectivity index (χ1v) is 6.84. The zero-order chi connectivity index (χ0) is 13.1. The average molecular weight is 286 g/mol. The number of rotatable bonds is 2. The van der Waals surface area contributed by atoms with E-state index in [1.54, 1.807) is 23.4 Å². The highest BCUT2D eigenvalue weighted by molar-refractivity contribution is 7.80. The summed E-state index contributed by atoms with van der Waals surface area (Å²) in [5.41, 5.74) is 0. The van der Waals surface area contributed by atoms with E-state index in [0.717, 1.165) is 4.90 Å². The maximum Gasteiger partial charge on any atom is 0.264 e. The van der Waals surface area contributed by atoms with Crippen LogP contribution in [0.5, 0.6) is 0 Å². The first kappa shape index (κ1) is 13.4. The van der Waals surface area contributed by atoms with Crippen LogP contribution in [0.2, 0.25) is 0 Å². The van der Waals surface area contributed by atoms with Gasteiger partial charge in [-0.2, -0.15) is 0 Å². The molecule has 2 rings (SSSR count). The summed E-state index contributed by atoms with van der Waals surface area (Å²) in [5.74, 6) is -0.345. The number of hydrogen-bond donors (Lipinski definition) is 2. The molecule has 1 N–H and O–H groups in total. The van der Waals surface area contributed by atoms with Crippen molar-refractivity contribution in [2.24, 2.45) is 0 Å². The van der Waals surface area contributed by atoms with Gasteiger partial charge in [-0.1, -0.05) is 0 Å². The largest absolute Gasteiger partial charge is 0.377 e. The summed E-state index contributed by atoms with van der Waals surface area (Å²) in [6.45, 7) is 1.12. The molecule has 5 nitrogen and oxygen atoms in total. The van der Waals surface area contributed by atoms with E-state index in [-0.39, 0.29) is 18.4 Å². The third-order valence-corrected chi connectivity index (χ3v) is 4.09. The highest BCUT2D eigenvalue weighted by atomic mass is 32.1. The quantitative estimate of drug-likeness (QED) is 0.784. The molecule has 1 aromatic rings. The van der Waals surface area contributed by atoms with Crippen LogP contribution < -0.4 is 5.32 Å². The van der Waals surface area contributed by atoms with Crippen LogP contribution in [0.4, 0.5) is 0 Å². The zero-order valence-corrected chi connectivity index (χ0v) is 11.6. The van der Waals surface area contributed by atoms with E-state index in [4.69, 9.17) is 4.74 Å². The second kappa shape index (κ2) is 5.73. The molecule has 18 heavy (non-hydrogen) atoms. The maximum atomic E-state index is 12.3. The van der Waals surface area contributed by atoms with Crippen LogP contribution >= 0.6 is 24.0 Å². The number of nitrogens with one attached hydrogen (secondary N) is 1. The van der Waals surface area contributed by atoms with Crippen molar-refractivity contribution in [1.82, 2.24) is 10.2 Å². The second-order valence-corrected chi connectivity index (χ2v) is 5.30. The number of carbonyl (C=O) groups excluding carboxylic acids is 2. The summed E-state index contributed by atoms with van der Waals surface area (Å²) in [5, 5.41) is 4.35. The molecule has 1 saturated heterocycles. The van der Waals surface area contributed by atoms with Gasteiger partial charge < -0.3 is 15.0 Å². The summed E-state index contributed by atoms with van der Waals surface area (Å²) >= 11 is 5.51. The Morgan fingerprint density at radius 3 is 3.00 bits per heavy atom. The van der Waals surface area contributed by atoms with Crippen LogP contribution in [0.25, 0.3) is 0 Å². The van der Waals surface area contributed by atoms with Crippen molar-refractivity contribution in [2.45, 2.75) is 10.9 Å². The van der Waals surface area contributed by atoms with Gasteiger partial charge in [-0.05, 0) is 6.07 Å². The molecule has 0 bridgehead atoms. The van der Waals surface area contributed by atoms with Crippen molar-refractivity contribution < 1.29 is 14.3 Å². The average Bonchev–Trinajstić information content (AvgIpc) is 2.83. The first-order valence-electron chi connectivity index (χ1n) is 5.51. The molecule has 1 atom stereocenters. The highest BCUT2D eigenvalue weighted by Gasteiger charge is 2.33. The molecule has 0 spiro atoms. The van der Waals surface area contributed by atoms with Gasteiger partial charge in [0.2, 0.25) is 5.91 Å². The fraction of sp³-hybridized carbons (Fsp3) is 0.455. The molecule has 7 heteroatoms. The van der Waals surface area contributed by atoms with Gasteiger partial charge in [-0.15, -0.1) is 24.0 Å². The topological polar surface area (TPSA) is 58.6 Å². The summed E-state index contributed by atoms with van der Waals surface area (Å²) in [4.78, 5) is 26.9. The summed E-state index contributed by atoms with van der Waals surface area (Å²) in [6.07, 6.45) is 0. The Morgan fingerprint density at radius 2 is 2.39 bits per heavy atom. The minimum absolute atomic E-state index is 0.141. The number of ether oxygens (including phenoxy) is 1. The minimum atomic E-state index is -0.554. The lowest BCUT2D eigenvalue weighted by molar-refractivity contribution is -0.130. The standard InChI is InChI=1S/C11H14N2O3S2/c1-12-10(14)8-5-16-3-2-13(8)11(15)9-4-7(17)6-18-9/h4,6,8,17H,2-3,5H2,1H3,(H,12,14). The Morgan fingerprint density at radius 1 is 1.61 bits per heavy atom. The molecule has 2 heterocycles. The predicted octanol–water partition coefficient (Wildman–Crippen LogP) is 0.624. The highest BCUT2D eigenvalue weighted by Crippen LogP contribution is 2.21. The SMILES string of the molecule is CNC(=O)C1COCCN1C(=O)c1cc(S)cs1. The fourth-order valence-electron chi connectivity index (χ4n) is 1.81. The number of amides is 2. The smallest absolute Gasteiger partial charge is 0.264 e. The van der Waals surface area contributed by atoms with Crippen LogP contribution in [-0.2, 0) is 9.53 Å². The second-order valence-electron chi connectivity index (χ2n) is 3.87. The summed E-state index contributed by atoms with van der Waals surface area (Å²) in [6, 6.07) is 1.16. The lowest BCUT2D eigenvalue weighted by Gasteiger charge is -2.33. The number of thiophene rings is 1. The Balaban J connectivity index is 2.18. The third kappa shape index (κ3) is 2.68. The summed E-state index contributed by atoms with van der Waals surface area (Å²) < 4.78 is 5.26. The van der Waals surface area contributed by atoms with Crippen molar-refractivity contribution in [1.29, 1.82) is 0 Å². The van der Waals surface area contributed by atoms with Gasteiger partial charge in [-0.25, -0.2) is 0 Å². The van der Waals surface area contributed by atoms with Crippen molar-refractivity contribution in [3.8, 4) is 0 Å². The lowest BCUT2D eigenvalue weighted by atomic mass is 10.2. The van der Waals surface area contributed by atoms with E-state index >= 15 is 0 Å². The molecular weight excluding hydrogens is 272 g/mol. The molecule has 0 saturated carbocycles. The van der Waals surface area contributed by atoms with Gasteiger partial charge in [0.15, 0.2) is 0 Å². The van der Waals surface area contributed by atoms with Gasteiger partial charge in [0, 0.05) is 23.9 Å². The monoisotopic (exact) mass is 286 g/mol. The Hall–Kier alpha value is -1.05. The number of nitrogens with zero attached hydrogens (tertiary/aromatic N) is 1. The first-order chi connectivity index (χ1) is 8.63. The van der Waals surface area contributed by atoms with E-state index < -0.39 is 6.04 Å². The molecule has 1 fully saturated rings. The molecule has 0 aliphatic carbocycles. The number of likely N-dealkylation sites (N-methyl/N-ethyl adjacent to an activating group) is 1. The Bertz CT molecular complexity index is 461. The molecule has 0 radical (unpaired) electrons. The molecule has 1 unspecified atom stereocenters. The van der Waals surface area contributed by atoms with Crippen molar-refractivity contribution in [2.75, 3.05) is 26.8 Å². The van der Waals surface area contributed by atoms with Crippen LogP contribution in [0, 0.1) is 0 Å². The normalized spacial score (nSPS) is 19.7. The number of hydrogen-bond acceptors (Lipinski definition) is 5. The molecule has 1 aromatic heterocycles. The van der Waals surface area contributed by atoms with E-state index in [2.05, 4.69) is 17.9 Å². The minimum Gasteiger partial charge on any atom is -0.377 e. The number of thiol groups is 1. The molecule has 0 aromatic carbocycles. The van der Waals surface area contributed by atoms with Gasteiger partial charge >= 0.3 is 0 Å². The van der Waals surface area contributed by atoms with E-state index in [1.807, 2.05) is 0 Å². The molecule has 2 amide bonds. The Labute approximate surface area is 115 Å². The molecular formula is C11H14N2O3S2. The summed E-state index contributed by atoms with van der Waals surface area (Å²) in [7, 11) is 1.55. The lowest BCUT2D eigenvalue weighted by Crippen LogP contribution is -2.55. The van der Waals surface area contributed by atoms with Gasteiger partial charge in [0.1, 0.15) is 6.04 Å². The fourth-order valence-corrected chi connectivity index (χ4v) is 2.91. The molecule has 1 aliphatic heterocycles. The van der Waals surface area contributed by atoms with Crippen molar-refractivity contribution in [3.63, 3.8) is 0 Å². The van der Waals surface area contributed by atoms with Crippen molar-refractivity contribution >= 4 is 35.8 Å². The van der Waals surface area contributed by atoms with Crippen molar-refractivity contribution in [3.05, 3.63) is 16.3 Å². The van der Waals surface area contributed by atoms with Gasteiger partial charge in [-0.3, -0.25) is 9.59 Å². The van der Waals surface area contributed by atoms with E-state index in [9.17, 15) is 9.59 Å². The van der Waals surface area contributed by atoms with Crippen LogP contribution in [0.15, 0.2) is 16.3 Å². The van der Waals surface area contributed by atoms with Crippen LogP contribution in [-0.4, -0.2) is 49.6 Å². The number of morpholine rings is 1. The molecule has 98 valence electrons. The van der Waals surface area contributed by atoms with Gasteiger partial charge in [0.05, 0.1) is 18.1 Å². The van der Waals surface area contributed by atoms with E-state index in [1.165, 1.54) is 11.3 Å². The van der Waals surface area contributed by atoms with Crippen LogP contribution in [0.1, 0.15) is 9.67 Å². The van der Waals surface area contributed by atoms with E-state index in [0.29, 0.717) is 18.0 Å². The Kier molecular flexibility index (Phi) is 4.26. The van der Waals surface area contributed by atoms with Crippen LogP contribution in [0.3, 0.4) is 0 Å². The third-order valence-electron chi connectivity index (χ3n) is 2.73. The number of carbonyl (C=O) groups is 2. The molecule has 1 aliphatic rings. The van der Waals surface area contributed by atoms with Gasteiger partial charge in [0.25, 0.3) is 5.91 Å². The maximum absolute atomic E-state index is 12.3.